The normalized spacial score (nSPS) is 13.4. The Morgan fingerprint density at radius 1 is 0.931 bits per heavy atom. The molecule has 0 spiro atoms. The van der Waals surface area contributed by atoms with E-state index in [1.54, 1.807) is 12.0 Å². The third-order valence-corrected chi connectivity index (χ3v) is 4.58. The minimum Gasteiger partial charge on any atom is -0.497 e. The number of non-ortho nitro benzene ring substituents is 2. The first-order valence-electron chi connectivity index (χ1n) is 8.51. The molecule has 3 rings (SSSR count). The highest BCUT2D eigenvalue weighted by molar-refractivity contribution is 5.95. The number of amides is 1. The van der Waals surface area contributed by atoms with E-state index in [1.165, 1.54) is 0 Å². The zero-order valence-corrected chi connectivity index (χ0v) is 15.1. The standard InChI is InChI=1S/C18H18N4O6.CH4/c1-28-17-4-2-14(3-5-17)19-6-8-20(9-7-19)18(23)13-10-15(21(24)25)12-16(11-13)22(26)27;/h2-5,10-12H,6-9H2,1H3;1H4. The molecule has 154 valence electrons. The SMILES string of the molecule is C.COc1ccc(N2CCN(C(=O)c3cc([N+](=O)[O-])cc([N+](=O)[O-])c3)CC2)cc1. The van der Waals surface area contributed by atoms with Crippen LogP contribution in [-0.4, -0.2) is 53.9 Å². The van der Waals surface area contributed by atoms with Crippen molar-refractivity contribution in [1.82, 2.24) is 4.90 Å². The van der Waals surface area contributed by atoms with Crippen LogP contribution in [0.2, 0.25) is 0 Å². The first kappa shape index (κ1) is 21.6. The highest BCUT2D eigenvalue weighted by Gasteiger charge is 2.26. The highest BCUT2D eigenvalue weighted by Crippen LogP contribution is 2.25. The van der Waals surface area contributed by atoms with E-state index >= 15 is 0 Å². The number of hydrogen-bond acceptors (Lipinski definition) is 7. The molecule has 29 heavy (non-hydrogen) atoms. The molecule has 10 heteroatoms. The molecule has 0 aliphatic carbocycles. The topological polar surface area (TPSA) is 119 Å². The van der Waals surface area contributed by atoms with Crippen LogP contribution in [0.3, 0.4) is 0 Å². The summed E-state index contributed by atoms with van der Waals surface area (Å²) in [5.41, 5.74) is -0.0125. The lowest BCUT2D eigenvalue weighted by Crippen LogP contribution is -2.48. The third kappa shape index (κ3) is 4.78. The molecule has 1 saturated heterocycles. The summed E-state index contributed by atoms with van der Waals surface area (Å²) >= 11 is 0. The molecule has 0 radical (unpaired) electrons. The predicted octanol–water partition coefficient (Wildman–Crippen LogP) is 3.11. The fraction of sp³-hybridized carbons (Fsp3) is 0.316. The van der Waals surface area contributed by atoms with Gasteiger partial charge in [0.15, 0.2) is 0 Å². The van der Waals surface area contributed by atoms with Crippen LogP contribution in [0.5, 0.6) is 5.75 Å². The lowest BCUT2D eigenvalue weighted by molar-refractivity contribution is -0.394. The first-order chi connectivity index (χ1) is 13.4. The number of methoxy groups -OCH3 is 1. The lowest BCUT2D eigenvalue weighted by Gasteiger charge is -2.36. The number of anilines is 1. The molecule has 2 aromatic rings. The van der Waals surface area contributed by atoms with Gasteiger partial charge in [-0.2, -0.15) is 0 Å². The molecule has 0 bridgehead atoms. The molecule has 1 aliphatic rings. The van der Waals surface area contributed by atoms with Gasteiger partial charge in [0.2, 0.25) is 0 Å². The molecule has 2 aromatic carbocycles. The van der Waals surface area contributed by atoms with E-state index in [0.29, 0.717) is 26.2 Å². The molecule has 1 amide bonds. The highest BCUT2D eigenvalue weighted by atomic mass is 16.6. The van der Waals surface area contributed by atoms with E-state index in [4.69, 9.17) is 4.74 Å². The second-order valence-electron chi connectivity index (χ2n) is 6.23. The zero-order chi connectivity index (χ0) is 20.3. The van der Waals surface area contributed by atoms with Gasteiger partial charge in [-0.1, -0.05) is 7.43 Å². The van der Waals surface area contributed by atoms with Crippen molar-refractivity contribution < 1.29 is 19.4 Å². The molecule has 1 fully saturated rings. The van der Waals surface area contributed by atoms with Crippen molar-refractivity contribution in [2.24, 2.45) is 0 Å². The Kier molecular flexibility index (Phi) is 6.71. The molecule has 0 saturated carbocycles. The number of hydrogen-bond donors (Lipinski definition) is 0. The Hall–Kier alpha value is -3.69. The van der Waals surface area contributed by atoms with E-state index in [2.05, 4.69) is 4.90 Å². The van der Waals surface area contributed by atoms with Gasteiger partial charge in [0, 0.05) is 44.0 Å². The summed E-state index contributed by atoms with van der Waals surface area (Å²) in [5.74, 6) is 0.297. The van der Waals surface area contributed by atoms with Crippen LogP contribution in [0, 0.1) is 20.2 Å². The average Bonchev–Trinajstić information content (AvgIpc) is 2.73. The Morgan fingerprint density at radius 3 is 1.90 bits per heavy atom. The Morgan fingerprint density at radius 2 is 1.45 bits per heavy atom. The number of piperazine rings is 1. The quantitative estimate of drug-likeness (QED) is 0.557. The van der Waals surface area contributed by atoms with Crippen LogP contribution >= 0.6 is 0 Å². The molecular weight excluding hydrogens is 380 g/mol. The molecule has 10 nitrogen and oxygen atoms in total. The Bertz CT molecular complexity index is 875. The summed E-state index contributed by atoms with van der Waals surface area (Å²) in [4.78, 5) is 36.9. The number of carbonyl (C=O) groups is 1. The maximum atomic E-state index is 12.7. The van der Waals surface area contributed by atoms with Gasteiger partial charge in [0.1, 0.15) is 5.75 Å². The van der Waals surface area contributed by atoms with E-state index in [0.717, 1.165) is 29.6 Å². The van der Waals surface area contributed by atoms with Crippen molar-refractivity contribution in [3.8, 4) is 5.75 Å². The fourth-order valence-corrected chi connectivity index (χ4v) is 3.07. The summed E-state index contributed by atoms with van der Waals surface area (Å²) in [6.07, 6.45) is 0. The van der Waals surface area contributed by atoms with E-state index < -0.39 is 27.1 Å². The van der Waals surface area contributed by atoms with E-state index in [1.807, 2.05) is 24.3 Å². The average molecular weight is 402 g/mol. The third-order valence-electron chi connectivity index (χ3n) is 4.58. The van der Waals surface area contributed by atoms with Crippen LogP contribution in [-0.2, 0) is 0 Å². The molecular formula is C19H22N4O6. The maximum Gasteiger partial charge on any atom is 0.277 e. The lowest BCUT2D eigenvalue weighted by atomic mass is 10.1. The number of nitro groups is 2. The minimum atomic E-state index is -0.745. The molecule has 1 heterocycles. The van der Waals surface area contributed by atoms with Crippen molar-refractivity contribution in [3.63, 3.8) is 0 Å². The number of rotatable bonds is 5. The van der Waals surface area contributed by atoms with Crippen molar-refractivity contribution >= 4 is 23.0 Å². The largest absolute Gasteiger partial charge is 0.497 e. The molecule has 0 N–H and O–H groups in total. The van der Waals surface area contributed by atoms with Crippen LogP contribution < -0.4 is 9.64 Å². The summed E-state index contributed by atoms with van der Waals surface area (Å²) in [6, 6.07) is 10.6. The summed E-state index contributed by atoms with van der Waals surface area (Å²) < 4.78 is 5.14. The Balaban J connectivity index is 0.00000300. The maximum absolute atomic E-state index is 12.7. The summed E-state index contributed by atoms with van der Waals surface area (Å²) in [6.45, 7) is 1.97. The number of nitrogens with zero attached hydrogens (tertiary/aromatic N) is 4. The minimum absolute atomic E-state index is 0. The smallest absolute Gasteiger partial charge is 0.277 e. The monoisotopic (exact) mass is 402 g/mol. The molecule has 0 atom stereocenters. The van der Waals surface area contributed by atoms with Crippen molar-refractivity contribution in [1.29, 1.82) is 0 Å². The van der Waals surface area contributed by atoms with Gasteiger partial charge in [0.05, 0.1) is 28.6 Å². The van der Waals surface area contributed by atoms with Crippen molar-refractivity contribution in [3.05, 3.63) is 68.3 Å². The molecule has 0 aromatic heterocycles. The summed E-state index contributed by atoms with van der Waals surface area (Å²) in [7, 11) is 1.59. The van der Waals surface area contributed by atoms with Gasteiger partial charge >= 0.3 is 0 Å². The Labute approximate surface area is 167 Å². The second kappa shape index (κ2) is 9.00. The van der Waals surface area contributed by atoms with Crippen molar-refractivity contribution in [2.75, 3.05) is 38.2 Å². The zero-order valence-electron chi connectivity index (χ0n) is 15.1. The van der Waals surface area contributed by atoms with Crippen LogP contribution in [0.4, 0.5) is 17.1 Å². The number of carbonyl (C=O) groups excluding carboxylic acids is 1. The van der Waals surface area contributed by atoms with Gasteiger partial charge < -0.3 is 14.5 Å². The van der Waals surface area contributed by atoms with E-state index in [9.17, 15) is 25.0 Å². The van der Waals surface area contributed by atoms with Crippen LogP contribution in [0.25, 0.3) is 0 Å². The number of ether oxygens (including phenoxy) is 1. The van der Waals surface area contributed by atoms with Gasteiger partial charge in [-0.25, -0.2) is 0 Å². The molecule has 0 unspecified atom stereocenters. The first-order valence-corrected chi connectivity index (χ1v) is 8.51. The van der Waals surface area contributed by atoms with Gasteiger partial charge in [0.25, 0.3) is 17.3 Å². The molecule has 1 aliphatic heterocycles. The number of benzene rings is 2. The van der Waals surface area contributed by atoms with Crippen LogP contribution in [0.1, 0.15) is 17.8 Å². The fourth-order valence-electron chi connectivity index (χ4n) is 3.07. The predicted molar refractivity (Wildman–Crippen MR) is 108 cm³/mol. The summed E-state index contributed by atoms with van der Waals surface area (Å²) in [5, 5.41) is 22.0. The number of nitro benzene ring substituents is 2. The van der Waals surface area contributed by atoms with Gasteiger partial charge in [-0.3, -0.25) is 25.0 Å². The van der Waals surface area contributed by atoms with E-state index in [-0.39, 0.29) is 13.0 Å². The second-order valence-corrected chi connectivity index (χ2v) is 6.23. The van der Waals surface area contributed by atoms with Gasteiger partial charge in [-0.05, 0) is 24.3 Å². The van der Waals surface area contributed by atoms with Crippen LogP contribution in [0.15, 0.2) is 42.5 Å². The van der Waals surface area contributed by atoms with Gasteiger partial charge in [-0.15, -0.1) is 0 Å². The van der Waals surface area contributed by atoms with Crippen molar-refractivity contribution in [2.45, 2.75) is 7.43 Å².